The molecule has 0 aliphatic carbocycles. The highest BCUT2D eigenvalue weighted by Crippen LogP contribution is 2.26. The summed E-state index contributed by atoms with van der Waals surface area (Å²) < 4.78 is 7.00. The van der Waals surface area contributed by atoms with Crippen molar-refractivity contribution >= 4 is 5.91 Å². The van der Waals surface area contributed by atoms with Gasteiger partial charge in [0, 0.05) is 33.2 Å². The van der Waals surface area contributed by atoms with Gasteiger partial charge in [-0.05, 0) is 16.3 Å². The third kappa shape index (κ3) is 3.06. The molecule has 3 rings (SSSR count). The highest BCUT2D eigenvalue weighted by atomic mass is 16.5. The minimum Gasteiger partial charge on any atom is -0.378 e. The van der Waals surface area contributed by atoms with Gasteiger partial charge in [0.2, 0.25) is 5.91 Å². The Bertz CT molecular complexity index is 499. The molecule has 1 aromatic heterocycles. The first-order valence-corrected chi connectivity index (χ1v) is 7.45. The van der Waals surface area contributed by atoms with E-state index in [4.69, 9.17) is 4.74 Å². The lowest BCUT2D eigenvalue weighted by Gasteiger charge is -2.30. The minimum atomic E-state index is 0.0734. The van der Waals surface area contributed by atoms with Gasteiger partial charge in [-0.25, -0.2) is 4.68 Å². The lowest BCUT2D eigenvalue weighted by atomic mass is 9.96. The largest absolute Gasteiger partial charge is 0.378 e. The predicted molar refractivity (Wildman–Crippen MR) is 74.1 cm³/mol. The van der Waals surface area contributed by atoms with Crippen LogP contribution in [0.5, 0.6) is 0 Å². The third-order valence-corrected chi connectivity index (χ3v) is 4.40. The second-order valence-electron chi connectivity index (χ2n) is 5.93. The normalized spacial score (nSPS) is 27.2. The summed E-state index contributed by atoms with van der Waals surface area (Å²) in [4.78, 5) is 16.8. The summed E-state index contributed by atoms with van der Waals surface area (Å²) in [5.41, 5.74) is 0. The summed E-state index contributed by atoms with van der Waals surface area (Å²) in [6.45, 7) is 7.28. The fourth-order valence-corrected chi connectivity index (χ4v) is 3.12. The van der Waals surface area contributed by atoms with Crippen molar-refractivity contribution in [3.05, 3.63) is 5.82 Å². The summed E-state index contributed by atoms with van der Waals surface area (Å²) in [7, 11) is 1.84. The van der Waals surface area contributed by atoms with E-state index >= 15 is 0 Å². The molecule has 0 aromatic carbocycles. The second-order valence-corrected chi connectivity index (χ2v) is 5.93. The van der Waals surface area contributed by atoms with E-state index in [-0.39, 0.29) is 11.8 Å². The van der Waals surface area contributed by atoms with E-state index < -0.39 is 0 Å². The number of aromatic nitrogens is 4. The number of carbonyl (C=O) groups is 1. The van der Waals surface area contributed by atoms with Gasteiger partial charge in [-0.2, -0.15) is 0 Å². The number of hydrogen-bond donors (Lipinski definition) is 0. The Labute approximate surface area is 124 Å². The van der Waals surface area contributed by atoms with Crippen LogP contribution in [0.1, 0.15) is 12.7 Å². The van der Waals surface area contributed by atoms with Crippen molar-refractivity contribution in [2.45, 2.75) is 13.5 Å². The summed E-state index contributed by atoms with van der Waals surface area (Å²) in [6, 6.07) is 0. The fourth-order valence-electron chi connectivity index (χ4n) is 3.12. The van der Waals surface area contributed by atoms with Crippen LogP contribution < -0.4 is 0 Å². The van der Waals surface area contributed by atoms with E-state index in [0.717, 1.165) is 32.0 Å². The average molecular weight is 294 g/mol. The summed E-state index contributed by atoms with van der Waals surface area (Å²) >= 11 is 0. The monoisotopic (exact) mass is 294 g/mol. The van der Waals surface area contributed by atoms with Crippen LogP contribution in [0.3, 0.4) is 0 Å². The number of nitrogens with zero attached hydrogens (tertiary/aromatic N) is 6. The maximum absolute atomic E-state index is 12.6. The van der Waals surface area contributed by atoms with E-state index in [1.807, 2.05) is 11.9 Å². The van der Waals surface area contributed by atoms with Crippen LogP contribution in [0.15, 0.2) is 0 Å². The number of likely N-dealkylation sites (tertiary alicyclic amines) is 1. The molecule has 1 aromatic rings. The molecule has 0 spiro atoms. The van der Waals surface area contributed by atoms with E-state index in [1.165, 1.54) is 0 Å². The van der Waals surface area contributed by atoms with E-state index in [9.17, 15) is 4.79 Å². The molecule has 116 valence electrons. The zero-order valence-corrected chi connectivity index (χ0v) is 12.6. The Balaban J connectivity index is 1.60. The van der Waals surface area contributed by atoms with Crippen LogP contribution in [0.25, 0.3) is 0 Å². The van der Waals surface area contributed by atoms with Crippen LogP contribution in [0.2, 0.25) is 0 Å². The van der Waals surface area contributed by atoms with Gasteiger partial charge < -0.3 is 9.64 Å². The topological polar surface area (TPSA) is 76.4 Å². The first kappa shape index (κ1) is 14.4. The van der Waals surface area contributed by atoms with Crippen LogP contribution in [-0.4, -0.2) is 75.3 Å². The van der Waals surface area contributed by atoms with Crippen molar-refractivity contribution in [2.75, 3.05) is 39.4 Å². The van der Waals surface area contributed by atoms with Crippen LogP contribution in [0.4, 0.5) is 0 Å². The molecule has 0 N–H and O–H groups in total. The number of aryl methyl sites for hydroxylation is 1. The zero-order valence-electron chi connectivity index (χ0n) is 12.6. The van der Waals surface area contributed by atoms with Gasteiger partial charge in [0.15, 0.2) is 5.82 Å². The Morgan fingerprint density at radius 1 is 1.33 bits per heavy atom. The van der Waals surface area contributed by atoms with Crippen molar-refractivity contribution in [1.82, 2.24) is 30.0 Å². The summed E-state index contributed by atoms with van der Waals surface area (Å²) in [5, 5.41) is 11.5. The molecular weight excluding hydrogens is 272 g/mol. The number of ether oxygens (including phenoxy) is 1. The van der Waals surface area contributed by atoms with Gasteiger partial charge in [-0.3, -0.25) is 9.69 Å². The highest BCUT2D eigenvalue weighted by Gasteiger charge is 2.37. The number of amides is 1. The maximum Gasteiger partial charge on any atom is 0.227 e. The van der Waals surface area contributed by atoms with Gasteiger partial charge in [-0.1, -0.05) is 6.92 Å². The molecule has 8 nitrogen and oxygen atoms in total. The lowest BCUT2D eigenvalue weighted by Crippen LogP contribution is -2.45. The molecular formula is C13H22N6O2. The Morgan fingerprint density at radius 2 is 2.10 bits per heavy atom. The molecule has 2 saturated heterocycles. The van der Waals surface area contributed by atoms with Gasteiger partial charge >= 0.3 is 0 Å². The van der Waals surface area contributed by atoms with Gasteiger partial charge in [-0.15, -0.1) is 5.10 Å². The molecule has 0 radical (unpaired) electrons. The minimum absolute atomic E-state index is 0.0734. The SMILES string of the molecule is C[C@@H]1CN(Cc2nnnn2C)C[C@H]1C(=O)N1CCOCC1. The van der Waals surface area contributed by atoms with Crippen LogP contribution >= 0.6 is 0 Å². The standard InChI is InChI=1S/C13H22N6O2/c1-10-7-18(9-12-14-15-16-17(12)2)8-11(10)13(20)19-3-5-21-6-4-19/h10-11H,3-9H2,1-2H3/t10-,11-/m1/s1. The lowest BCUT2D eigenvalue weighted by molar-refractivity contribution is -0.140. The van der Waals surface area contributed by atoms with Crippen LogP contribution in [0, 0.1) is 11.8 Å². The number of rotatable bonds is 3. The van der Waals surface area contributed by atoms with E-state index in [0.29, 0.717) is 25.7 Å². The number of hydrogen-bond acceptors (Lipinski definition) is 6. The Morgan fingerprint density at radius 3 is 2.76 bits per heavy atom. The van der Waals surface area contributed by atoms with Gasteiger partial charge in [0.1, 0.15) is 0 Å². The molecule has 0 bridgehead atoms. The molecule has 0 unspecified atom stereocenters. The molecule has 21 heavy (non-hydrogen) atoms. The summed E-state index contributed by atoms with van der Waals surface area (Å²) in [6.07, 6.45) is 0. The van der Waals surface area contributed by atoms with Crippen molar-refractivity contribution in [3.63, 3.8) is 0 Å². The molecule has 8 heteroatoms. The molecule has 2 fully saturated rings. The first-order chi connectivity index (χ1) is 10.1. The number of morpholine rings is 1. The zero-order chi connectivity index (χ0) is 14.8. The summed E-state index contributed by atoms with van der Waals surface area (Å²) in [5.74, 6) is 1.54. The van der Waals surface area contributed by atoms with Crippen molar-refractivity contribution in [2.24, 2.45) is 18.9 Å². The Hall–Kier alpha value is -1.54. The molecule has 0 saturated carbocycles. The van der Waals surface area contributed by atoms with Crippen LogP contribution in [-0.2, 0) is 23.1 Å². The molecule has 3 heterocycles. The quantitative estimate of drug-likeness (QED) is 0.722. The first-order valence-electron chi connectivity index (χ1n) is 7.45. The van der Waals surface area contributed by atoms with E-state index in [1.54, 1.807) is 4.68 Å². The maximum atomic E-state index is 12.6. The van der Waals surface area contributed by atoms with Crippen molar-refractivity contribution in [1.29, 1.82) is 0 Å². The van der Waals surface area contributed by atoms with Gasteiger partial charge in [0.05, 0.1) is 25.7 Å². The van der Waals surface area contributed by atoms with Crippen molar-refractivity contribution < 1.29 is 9.53 Å². The third-order valence-electron chi connectivity index (χ3n) is 4.40. The molecule has 1 amide bonds. The highest BCUT2D eigenvalue weighted by molar-refractivity contribution is 5.79. The van der Waals surface area contributed by atoms with E-state index in [2.05, 4.69) is 27.3 Å². The number of tetrazole rings is 1. The number of carbonyl (C=O) groups excluding carboxylic acids is 1. The second kappa shape index (κ2) is 6.07. The Kier molecular flexibility index (Phi) is 4.16. The molecule has 2 aliphatic rings. The fraction of sp³-hybridized carbons (Fsp3) is 0.846. The van der Waals surface area contributed by atoms with Gasteiger partial charge in [0.25, 0.3) is 0 Å². The average Bonchev–Trinajstić information content (AvgIpc) is 3.06. The molecule has 2 atom stereocenters. The smallest absolute Gasteiger partial charge is 0.227 e. The van der Waals surface area contributed by atoms with Crippen molar-refractivity contribution in [3.8, 4) is 0 Å². The predicted octanol–water partition coefficient (Wildman–Crippen LogP) is -0.863. The molecule has 2 aliphatic heterocycles.